The molecule has 66 valence electrons. The summed E-state index contributed by atoms with van der Waals surface area (Å²) in [4.78, 5) is 9.02. The Morgan fingerprint density at radius 1 is 1.50 bits per heavy atom. The molecule has 0 unspecified atom stereocenters. The number of hydrogen-bond acceptors (Lipinski definition) is 3. The van der Waals surface area contributed by atoms with Gasteiger partial charge in [0.05, 0.1) is 5.69 Å². The van der Waals surface area contributed by atoms with Gasteiger partial charge >= 0.3 is 0 Å². The Labute approximate surface area is 80.0 Å². The predicted molar refractivity (Wildman–Crippen MR) is 50.2 cm³/mol. The smallest absolute Gasteiger partial charge is 0.125 e. The maximum Gasteiger partial charge on any atom is 0.125 e. The Morgan fingerprint density at radius 3 is 2.67 bits per heavy atom. The van der Waals surface area contributed by atoms with Gasteiger partial charge in [0.25, 0.3) is 0 Å². The summed E-state index contributed by atoms with van der Waals surface area (Å²) < 4.78 is 0.783. The lowest BCUT2D eigenvalue weighted by Crippen LogP contribution is -2.26. The summed E-state index contributed by atoms with van der Waals surface area (Å²) in [5.41, 5.74) is 0.267. The fraction of sp³-hybridized carbons (Fsp3) is 0.375. The van der Waals surface area contributed by atoms with Gasteiger partial charge in [-0.05, 0) is 41.9 Å². The highest BCUT2D eigenvalue weighted by Crippen LogP contribution is 2.21. The number of pyridine rings is 1. The lowest BCUT2D eigenvalue weighted by molar-refractivity contribution is -0.0269. The van der Waals surface area contributed by atoms with Crippen molar-refractivity contribution in [3.63, 3.8) is 0 Å². The molecule has 0 fully saturated rings. The lowest BCUT2D eigenvalue weighted by atomic mass is 10.1. The second-order valence-corrected chi connectivity index (χ2v) is 3.79. The SMILES string of the molecule is CC(C)(ON)c1cccc(Br)n1. The third kappa shape index (κ3) is 2.03. The minimum absolute atomic E-state index is 0.538. The normalized spacial score (nSPS) is 11.7. The van der Waals surface area contributed by atoms with Gasteiger partial charge in [0.2, 0.25) is 0 Å². The molecule has 0 radical (unpaired) electrons. The topological polar surface area (TPSA) is 48.1 Å². The average Bonchev–Trinajstić information content (AvgIpc) is 2.05. The first-order valence-electron chi connectivity index (χ1n) is 3.57. The fourth-order valence-corrected chi connectivity index (χ4v) is 1.15. The summed E-state index contributed by atoms with van der Waals surface area (Å²) >= 11 is 3.28. The van der Waals surface area contributed by atoms with Gasteiger partial charge in [-0.25, -0.2) is 10.9 Å². The van der Waals surface area contributed by atoms with Crippen molar-refractivity contribution in [1.29, 1.82) is 0 Å². The largest absolute Gasteiger partial charge is 0.292 e. The molecule has 4 heteroatoms. The van der Waals surface area contributed by atoms with Crippen molar-refractivity contribution in [1.82, 2.24) is 4.98 Å². The number of rotatable bonds is 2. The molecule has 1 aromatic heterocycles. The summed E-state index contributed by atoms with van der Waals surface area (Å²) in [5.74, 6) is 5.13. The van der Waals surface area contributed by atoms with Gasteiger partial charge in [0.15, 0.2) is 0 Å². The molecule has 0 spiro atoms. The van der Waals surface area contributed by atoms with Crippen LogP contribution in [0, 0.1) is 0 Å². The minimum Gasteiger partial charge on any atom is -0.292 e. The summed E-state index contributed by atoms with van der Waals surface area (Å²) in [6.45, 7) is 3.73. The molecule has 12 heavy (non-hydrogen) atoms. The van der Waals surface area contributed by atoms with Gasteiger partial charge in [-0.2, -0.15) is 0 Å². The Bertz CT molecular complexity index is 276. The van der Waals surface area contributed by atoms with E-state index < -0.39 is 5.60 Å². The molecule has 3 nitrogen and oxygen atoms in total. The quantitative estimate of drug-likeness (QED) is 0.625. The zero-order valence-electron chi connectivity index (χ0n) is 7.04. The predicted octanol–water partition coefficient (Wildman–Crippen LogP) is 1.97. The number of halogens is 1. The van der Waals surface area contributed by atoms with E-state index >= 15 is 0 Å². The summed E-state index contributed by atoms with van der Waals surface area (Å²) in [6, 6.07) is 5.63. The van der Waals surface area contributed by atoms with Gasteiger partial charge in [-0.1, -0.05) is 6.07 Å². The minimum atomic E-state index is -0.538. The van der Waals surface area contributed by atoms with Gasteiger partial charge in [0, 0.05) is 0 Å². The van der Waals surface area contributed by atoms with Crippen LogP contribution in [-0.2, 0) is 10.4 Å². The third-order valence-electron chi connectivity index (χ3n) is 1.63. The molecule has 1 heterocycles. The van der Waals surface area contributed by atoms with Gasteiger partial charge in [0.1, 0.15) is 10.2 Å². The van der Waals surface area contributed by atoms with Crippen molar-refractivity contribution < 1.29 is 4.84 Å². The van der Waals surface area contributed by atoms with Crippen molar-refractivity contribution in [2.24, 2.45) is 5.90 Å². The van der Waals surface area contributed by atoms with Gasteiger partial charge in [-0.3, -0.25) is 4.84 Å². The molecular formula is C8H11BrN2O. The average molecular weight is 231 g/mol. The van der Waals surface area contributed by atoms with Crippen LogP contribution in [0.2, 0.25) is 0 Å². The first kappa shape index (κ1) is 9.64. The van der Waals surface area contributed by atoms with Crippen LogP contribution in [0.5, 0.6) is 0 Å². The first-order chi connectivity index (χ1) is 5.56. The van der Waals surface area contributed by atoms with Crippen molar-refractivity contribution in [3.8, 4) is 0 Å². The second kappa shape index (κ2) is 3.51. The zero-order valence-corrected chi connectivity index (χ0v) is 8.63. The van der Waals surface area contributed by atoms with Crippen molar-refractivity contribution in [3.05, 3.63) is 28.5 Å². The highest BCUT2D eigenvalue weighted by Gasteiger charge is 2.21. The highest BCUT2D eigenvalue weighted by molar-refractivity contribution is 9.10. The Kier molecular flexibility index (Phi) is 2.82. The molecule has 0 amide bonds. The van der Waals surface area contributed by atoms with E-state index in [1.54, 1.807) is 0 Å². The fourth-order valence-electron chi connectivity index (χ4n) is 0.804. The standard InChI is InChI=1S/C8H11BrN2O/c1-8(2,12-10)6-4-3-5-7(9)11-6/h3-5H,10H2,1-2H3. The van der Waals surface area contributed by atoms with E-state index in [9.17, 15) is 0 Å². The second-order valence-electron chi connectivity index (χ2n) is 2.97. The van der Waals surface area contributed by atoms with E-state index in [0.717, 1.165) is 10.3 Å². The maximum absolute atomic E-state index is 5.13. The Balaban J connectivity index is 3.03. The molecule has 0 aromatic carbocycles. The molecule has 0 saturated heterocycles. The molecule has 0 aliphatic heterocycles. The third-order valence-corrected chi connectivity index (χ3v) is 2.07. The van der Waals surface area contributed by atoms with Crippen molar-refractivity contribution >= 4 is 15.9 Å². The molecule has 1 rings (SSSR count). The van der Waals surface area contributed by atoms with Crippen LogP contribution >= 0.6 is 15.9 Å². The zero-order chi connectivity index (χ0) is 9.19. The monoisotopic (exact) mass is 230 g/mol. The Hall–Kier alpha value is -0.450. The molecule has 1 aromatic rings. The maximum atomic E-state index is 5.13. The number of hydrogen-bond donors (Lipinski definition) is 1. The molecular weight excluding hydrogens is 220 g/mol. The summed E-state index contributed by atoms with van der Waals surface area (Å²) in [5, 5.41) is 0. The van der Waals surface area contributed by atoms with E-state index in [1.807, 2.05) is 32.0 Å². The lowest BCUT2D eigenvalue weighted by Gasteiger charge is -2.20. The van der Waals surface area contributed by atoms with E-state index in [1.165, 1.54) is 0 Å². The van der Waals surface area contributed by atoms with E-state index in [2.05, 4.69) is 20.9 Å². The van der Waals surface area contributed by atoms with Crippen LogP contribution in [-0.4, -0.2) is 4.98 Å². The van der Waals surface area contributed by atoms with E-state index in [-0.39, 0.29) is 0 Å². The molecule has 0 saturated carbocycles. The summed E-state index contributed by atoms with van der Waals surface area (Å²) in [7, 11) is 0. The van der Waals surface area contributed by atoms with Gasteiger partial charge in [-0.15, -0.1) is 0 Å². The number of aromatic nitrogens is 1. The van der Waals surface area contributed by atoms with E-state index in [0.29, 0.717) is 0 Å². The first-order valence-corrected chi connectivity index (χ1v) is 4.36. The van der Waals surface area contributed by atoms with E-state index in [4.69, 9.17) is 10.7 Å². The van der Waals surface area contributed by atoms with Crippen LogP contribution in [0.4, 0.5) is 0 Å². The molecule has 0 bridgehead atoms. The number of nitrogens with two attached hydrogens (primary N) is 1. The van der Waals surface area contributed by atoms with Crippen LogP contribution in [0.1, 0.15) is 19.5 Å². The van der Waals surface area contributed by atoms with Crippen LogP contribution in [0.3, 0.4) is 0 Å². The molecule has 0 aliphatic rings. The molecule has 2 N–H and O–H groups in total. The van der Waals surface area contributed by atoms with Crippen LogP contribution < -0.4 is 5.90 Å². The van der Waals surface area contributed by atoms with Crippen LogP contribution in [0.15, 0.2) is 22.8 Å². The summed E-state index contributed by atoms with van der Waals surface area (Å²) in [6.07, 6.45) is 0. The molecule has 0 atom stereocenters. The van der Waals surface area contributed by atoms with Crippen molar-refractivity contribution in [2.45, 2.75) is 19.4 Å². The Morgan fingerprint density at radius 2 is 2.17 bits per heavy atom. The van der Waals surface area contributed by atoms with Crippen LogP contribution in [0.25, 0.3) is 0 Å². The van der Waals surface area contributed by atoms with Gasteiger partial charge < -0.3 is 0 Å². The highest BCUT2D eigenvalue weighted by atomic mass is 79.9. The van der Waals surface area contributed by atoms with Crippen molar-refractivity contribution in [2.75, 3.05) is 0 Å². The number of nitrogens with zero attached hydrogens (tertiary/aromatic N) is 1. The molecule has 0 aliphatic carbocycles.